The number of hydrogen-bond donors (Lipinski definition) is 1. The average Bonchev–Trinajstić information content (AvgIpc) is 3.29. The second kappa shape index (κ2) is 12.5. The number of nitrogens with one attached hydrogen (secondary N) is 1. The number of amides is 1. The second-order valence-corrected chi connectivity index (χ2v) is 14.7. The maximum Gasteiger partial charge on any atom is 0.259 e. The van der Waals surface area contributed by atoms with Gasteiger partial charge in [0.2, 0.25) is 20.0 Å². The maximum atomic E-state index is 13.6. The van der Waals surface area contributed by atoms with Gasteiger partial charge in [0.1, 0.15) is 6.04 Å². The van der Waals surface area contributed by atoms with Crippen molar-refractivity contribution in [1.29, 1.82) is 0 Å². The van der Waals surface area contributed by atoms with Crippen LogP contribution in [0.15, 0.2) is 110 Å². The van der Waals surface area contributed by atoms with Crippen molar-refractivity contribution in [3.8, 4) is 5.69 Å². The number of piperazine rings is 1. The van der Waals surface area contributed by atoms with Crippen molar-refractivity contribution in [2.24, 2.45) is 5.10 Å². The number of carbonyl (C=O) groups is 1. The molecular weight excluding hydrogens is 654 g/mol. The van der Waals surface area contributed by atoms with Crippen molar-refractivity contribution in [3.05, 3.63) is 112 Å². The fraction of sp³-hybridized carbons (Fsp3) is 0.200. The van der Waals surface area contributed by atoms with Crippen molar-refractivity contribution < 1.29 is 21.6 Å². The summed E-state index contributed by atoms with van der Waals surface area (Å²) in [5, 5.41) is 4.14. The monoisotopic (exact) mass is 683 g/mol. The van der Waals surface area contributed by atoms with Crippen LogP contribution < -0.4 is 5.43 Å². The third-order valence-corrected chi connectivity index (χ3v) is 11.5. The Bertz CT molecular complexity index is 1880. The van der Waals surface area contributed by atoms with Gasteiger partial charge in [-0.05, 0) is 62.4 Å². The molecule has 4 aromatic rings. The van der Waals surface area contributed by atoms with Crippen molar-refractivity contribution in [1.82, 2.24) is 18.6 Å². The molecule has 13 heteroatoms. The molecule has 1 saturated heterocycles. The normalized spacial score (nSPS) is 16.9. The SMILES string of the molecule is Cc1cc(/C=N/NC(=O)C2CN(S(=O)(=O)c3ccccc3)CCN2S(=O)(=O)c2ccccc2)c(C)n1-c1cccc(Br)c1. The van der Waals surface area contributed by atoms with Gasteiger partial charge in [0, 0.05) is 46.7 Å². The van der Waals surface area contributed by atoms with Crippen molar-refractivity contribution >= 4 is 48.1 Å². The van der Waals surface area contributed by atoms with E-state index in [2.05, 4.69) is 31.0 Å². The minimum Gasteiger partial charge on any atom is -0.318 e. The van der Waals surface area contributed by atoms with Gasteiger partial charge in [0.25, 0.3) is 5.91 Å². The lowest BCUT2D eigenvalue weighted by atomic mass is 10.2. The summed E-state index contributed by atoms with van der Waals surface area (Å²) in [4.78, 5) is 13.6. The van der Waals surface area contributed by atoms with Gasteiger partial charge in [-0.2, -0.15) is 13.7 Å². The third kappa shape index (κ3) is 6.36. The van der Waals surface area contributed by atoms with Gasteiger partial charge in [-0.25, -0.2) is 22.3 Å². The fourth-order valence-electron chi connectivity index (χ4n) is 5.10. The van der Waals surface area contributed by atoms with Gasteiger partial charge in [-0.3, -0.25) is 4.79 Å². The van der Waals surface area contributed by atoms with E-state index in [-0.39, 0.29) is 29.4 Å². The zero-order valence-corrected chi connectivity index (χ0v) is 26.7. The lowest BCUT2D eigenvalue weighted by Gasteiger charge is -2.38. The summed E-state index contributed by atoms with van der Waals surface area (Å²) in [5.41, 5.74) is 6.01. The Kier molecular flexibility index (Phi) is 8.99. The standard InChI is InChI=1S/C30H30BrN5O5S2/c1-22-18-24(23(2)36(22)26-11-9-10-25(31)19-26)20-32-33-30(37)29-21-34(42(38,39)27-12-5-3-6-13-27)16-17-35(29)43(40,41)28-14-7-4-8-15-28/h3-15,18-20,29H,16-17,21H2,1-2H3,(H,33,37)/b32-20+. The number of benzene rings is 3. The Morgan fingerprint density at radius 3 is 2.12 bits per heavy atom. The van der Waals surface area contributed by atoms with E-state index >= 15 is 0 Å². The molecule has 1 atom stereocenters. The van der Waals surface area contributed by atoms with E-state index < -0.39 is 32.0 Å². The molecule has 224 valence electrons. The van der Waals surface area contributed by atoms with E-state index in [4.69, 9.17) is 0 Å². The van der Waals surface area contributed by atoms with E-state index in [0.29, 0.717) is 0 Å². The summed E-state index contributed by atoms with van der Waals surface area (Å²) in [6.07, 6.45) is 1.49. The van der Waals surface area contributed by atoms with Crippen molar-refractivity contribution in [2.75, 3.05) is 19.6 Å². The first kappa shape index (κ1) is 30.8. The molecule has 5 rings (SSSR count). The topological polar surface area (TPSA) is 121 Å². The first-order valence-corrected chi connectivity index (χ1v) is 17.1. The summed E-state index contributed by atoms with van der Waals surface area (Å²) < 4.78 is 59.1. The lowest BCUT2D eigenvalue weighted by Crippen LogP contribution is -2.60. The number of carbonyl (C=O) groups excluding carboxylic acids is 1. The Morgan fingerprint density at radius 2 is 1.49 bits per heavy atom. The number of rotatable bonds is 8. The van der Waals surface area contributed by atoms with Crippen LogP contribution in [-0.2, 0) is 24.8 Å². The molecule has 10 nitrogen and oxygen atoms in total. The molecule has 43 heavy (non-hydrogen) atoms. The number of nitrogens with zero attached hydrogens (tertiary/aromatic N) is 4. The van der Waals surface area contributed by atoms with Gasteiger partial charge in [0.05, 0.1) is 16.0 Å². The lowest BCUT2D eigenvalue weighted by molar-refractivity contribution is -0.125. The highest BCUT2D eigenvalue weighted by Gasteiger charge is 2.43. The minimum atomic E-state index is -4.12. The average molecular weight is 685 g/mol. The van der Waals surface area contributed by atoms with Gasteiger partial charge in [-0.15, -0.1) is 0 Å². The number of aromatic nitrogens is 1. The van der Waals surface area contributed by atoms with Crippen LogP contribution in [0.25, 0.3) is 5.69 Å². The summed E-state index contributed by atoms with van der Waals surface area (Å²) >= 11 is 3.50. The molecular formula is C30H30BrN5O5S2. The van der Waals surface area contributed by atoms with Crippen LogP contribution in [0.3, 0.4) is 0 Å². The molecule has 0 spiro atoms. The number of aryl methyl sites for hydroxylation is 1. The Hall–Kier alpha value is -3.62. The zero-order valence-electron chi connectivity index (χ0n) is 23.5. The highest BCUT2D eigenvalue weighted by atomic mass is 79.9. The van der Waals surface area contributed by atoms with Gasteiger partial charge < -0.3 is 4.57 Å². The predicted octanol–water partition coefficient (Wildman–Crippen LogP) is 4.07. The molecule has 0 bridgehead atoms. The van der Waals surface area contributed by atoms with Crippen LogP contribution in [0.5, 0.6) is 0 Å². The van der Waals surface area contributed by atoms with Gasteiger partial charge in [0.15, 0.2) is 0 Å². The van der Waals surface area contributed by atoms with Crippen molar-refractivity contribution in [3.63, 3.8) is 0 Å². The second-order valence-electron chi connectivity index (χ2n) is 10.00. The molecule has 0 aliphatic carbocycles. The highest BCUT2D eigenvalue weighted by molar-refractivity contribution is 9.10. The molecule has 1 aromatic heterocycles. The number of hydrogen-bond acceptors (Lipinski definition) is 6. The van der Waals surface area contributed by atoms with E-state index in [9.17, 15) is 21.6 Å². The molecule has 0 radical (unpaired) electrons. The number of hydrazone groups is 1. The molecule has 1 N–H and O–H groups in total. The maximum absolute atomic E-state index is 13.6. The van der Waals surface area contributed by atoms with Crippen LogP contribution in [0.4, 0.5) is 0 Å². The van der Waals surface area contributed by atoms with Crippen LogP contribution in [-0.4, -0.2) is 67.8 Å². The number of halogens is 1. The van der Waals surface area contributed by atoms with E-state index in [1.165, 1.54) is 30.5 Å². The molecule has 1 aliphatic rings. The van der Waals surface area contributed by atoms with Crippen LogP contribution >= 0.6 is 15.9 Å². The minimum absolute atomic E-state index is 0.00987. The summed E-state index contributed by atoms with van der Waals surface area (Å²) in [5.74, 6) is -0.746. The van der Waals surface area contributed by atoms with E-state index in [0.717, 1.165) is 35.7 Å². The fourth-order valence-corrected chi connectivity index (χ4v) is 8.54. The molecule has 1 amide bonds. The van der Waals surface area contributed by atoms with E-state index in [1.54, 1.807) is 36.4 Å². The smallest absolute Gasteiger partial charge is 0.259 e. The van der Waals surface area contributed by atoms with Gasteiger partial charge in [-0.1, -0.05) is 58.4 Å². The summed E-state index contributed by atoms with van der Waals surface area (Å²) in [6, 6.07) is 24.0. The molecule has 1 aliphatic heterocycles. The van der Waals surface area contributed by atoms with E-state index in [1.807, 2.05) is 44.2 Å². The molecule has 1 fully saturated rings. The molecule has 0 saturated carbocycles. The first-order chi connectivity index (χ1) is 20.5. The molecule has 1 unspecified atom stereocenters. The Balaban J connectivity index is 1.42. The molecule has 3 aromatic carbocycles. The molecule has 2 heterocycles. The third-order valence-electron chi connectivity index (χ3n) is 7.24. The Labute approximate surface area is 259 Å². The van der Waals surface area contributed by atoms with Gasteiger partial charge >= 0.3 is 0 Å². The number of sulfonamides is 2. The summed E-state index contributed by atoms with van der Waals surface area (Å²) in [7, 11) is -8.09. The Morgan fingerprint density at radius 1 is 0.860 bits per heavy atom. The zero-order chi connectivity index (χ0) is 30.8. The largest absolute Gasteiger partial charge is 0.318 e. The van der Waals surface area contributed by atoms with Crippen LogP contribution in [0.2, 0.25) is 0 Å². The van der Waals surface area contributed by atoms with Crippen LogP contribution in [0, 0.1) is 13.8 Å². The van der Waals surface area contributed by atoms with Crippen LogP contribution in [0.1, 0.15) is 17.0 Å². The first-order valence-electron chi connectivity index (χ1n) is 13.4. The quantitative estimate of drug-likeness (QED) is 0.222. The highest BCUT2D eigenvalue weighted by Crippen LogP contribution is 2.26. The predicted molar refractivity (Wildman–Crippen MR) is 168 cm³/mol. The summed E-state index contributed by atoms with van der Waals surface area (Å²) in [6.45, 7) is 3.19. The van der Waals surface area contributed by atoms with Crippen molar-refractivity contribution in [2.45, 2.75) is 29.7 Å².